The molecule has 35 heavy (non-hydrogen) atoms. The van der Waals surface area contributed by atoms with E-state index in [0.717, 1.165) is 0 Å². The van der Waals surface area contributed by atoms with Crippen LogP contribution in [-0.2, 0) is 0 Å². The molecule has 6 nitrogen and oxygen atoms in total. The molecule has 0 bridgehead atoms. The minimum absolute atomic E-state index is 0.0156. The van der Waals surface area contributed by atoms with Crippen molar-refractivity contribution in [2.45, 2.75) is 0 Å². The van der Waals surface area contributed by atoms with Crippen LogP contribution in [0.1, 0.15) is 58.1 Å². The molecule has 0 heterocycles. The van der Waals surface area contributed by atoms with Crippen LogP contribution in [0.15, 0.2) is 84.9 Å². The molecule has 4 aromatic carbocycles. The first-order chi connectivity index (χ1) is 16.9. The summed E-state index contributed by atoms with van der Waals surface area (Å²) in [6.07, 6.45) is 0. The average molecular weight is 481 g/mol. The SMILES string of the molecule is Nc1c(C(=O)c2ccccc2)cc(NC(=O)c2ccc(Cl)cc2)c2c1C(=O)c1ccccc1C2=O. The molecule has 4 aromatic rings. The normalized spacial score (nSPS) is 12.0. The molecule has 0 spiro atoms. The summed E-state index contributed by atoms with van der Waals surface area (Å²) in [6.45, 7) is 0. The molecule has 0 aromatic heterocycles. The van der Waals surface area contributed by atoms with Crippen LogP contribution in [0, 0.1) is 0 Å². The van der Waals surface area contributed by atoms with E-state index >= 15 is 0 Å². The minimum atomic E-state index is -0.536. The first-order valence-electron chi connectivity index (χ1n) is 10.7. The lowest BCUT2D eigenvalue weighted by atomic mass is 9.80. The van der Waals surface area contributed by atoms with Gasteiger partial charge in [-0.2, -0.15) is 0 Å². The van der Waals surface area contributed by atoms with Gasteiger partial charge in [0.25, 0.3) is 5.91 Å². The third-order valence-electron chi connectivity index (χ3n) is 5.87. The van der Waals surface area contributed by atoms with Gasteiger partial charge >= 0.3 is 0 Å². The van der Waals surface area contributed by atoms with Gasteiger partial charge in [-0.1, -0.05) is 66.2 Å². The van der Waals surface area contributed by atoms with Gasteiger partial charge in [-0.3, -0.25) is 19.2 Å². The van der Waals surface area contributed by atoms with E-state index in [2.05, 4.69) is 5.32 Å². The number of rotatable bonds is 4. The second-order valence-electron chi connectivity index (χ2n) is 8.00. The van der Waals surface area contributed by atoms with Crippen molar-refractivity contribution in [3.05, 3.63) is 129 Å². The molecule has 5 rings (SSSR count). The number of nitrogens with one attached hydrogen (secondary N) is 1. The molecule has 1 amide bonds. The zero-order chi connectivity index (χ0) is 24.7. The highest BCUT2D eigenvalue weighted by atomic mass is 35.5. The zero-order valence-electron chi connectivity index (χ0n) is 18.2. The summed E-state index contributed by atoms with van der Waals surface area (Å²) >= 11 is 5.92. The van der Waals surface area contributed by atoms with Gasteiger partial charge in [0.2, 0.25) is 0 Å². The maximum atomic E-state index is 13.5. The van der Waals surface area contributed by atoms with Crippen LogP contribution in [0.4, 0.5) is 11.4 Å². The van der Waals surface area contributed by atoms with Crippen molar-refractivity contribution in [2.24, 2.45) is 0 Å². The molecule has 0 unspecified atom stereocenters. The lowest BCUT2D eigenvalue weighted by Crippen LogP contribution is -2.26. The van der Waals surface area contributed by atoms with Crippen molar-refractivity contribution in [3.63, 3.8) is 0 Å². The number of amides is 1. The predicted octanol–water partition coefficient (Wildman–Crippen LogP) is 5.18. The molecule has 1 aliphatic carbocycles. The van der Waals surface area contributed by atoms with Gasteiger partial charge in [-0.05, 0) is 30.3 Å². The van der Waals surface area contributed by atoms with E-state index in [9.17, 15) is 19.2 Å². The van der Waals surface area contributed by atoms with Gasteiger partial charge in [0.1, 0.15) is 0 Å². The third kappa shape index (κ3) is 3.80. The Balaban J connectivity index is 1.71. The van der Waals surface area contributed by atoms with Crippen molar-refractivity contribution >= 4 is 46.2 Å². The van der Waals surface area contributed by atoms with Crippen molar-refractivity contribution in [1.29, 1.82) is 0 Å². The van der Waals surface area contributed by atoms with Crippen molar-refractivity contribution in [3.8, 4) is 0 Å². The lowest BCUT2D eigenvalue weighted by Gasteiger charge is -2.23. The third-order valence-corrected chi connectivity index (χ3v) is 6.13. The van der Waals surface area contributed by atoms with Crippen LogP contribution in [0.2, 0.25) is 5.02 Å². The number of fused-ring (bicyclic) bond motifs is 2. The highest BCUT2D eigenvalue weighted by Gasteiger charge is 2.36. The summed E-state index contributed by atoms with van der Waals surface area (Å²) < 4.78 is 0. The molecule has 0 atom stereocenters. The number of carbonyl (C=O) groups excluding carboxylic acids is 4. The number of carbonyl (C=O) groups is 4. The second kappa shape index (κ2) is 8.66. The molecule has 0 aliphatic heterocycles. The highest BCUT2D eigenvalue weighted by molar-refractivity contribution is 6.34. The van der Waals surface area contributed by atoms with Crippen LogP contribution >= 0.6 is 11.6 Å². The Morgan fingerprint density at radius 3 is 1.91 bits per heavy atom. The maximum Gasteiger partial charge on any atom is 0.255 e. The molecule has 1 aliphatic rings. The summed E-state index contributed by atoms with van der Waals surface area (Å²) in [6, 6.07) is 22.3. The number of nitrogens with two attached hydrogens (primary N) is 1. The Kier molecular flexibility index (Phi) is 5.51. The monoisotopic (exact) mass is 480 g/mol. The molecule has 170 valence electrons. The number of halogens is 1. The van der Waals surface area contributed by atoms with Crippen molar-refractivity contribution in [2.75, 3.05) is 11.1 Å². The first-order valence-corrected chi connectivity index (χ1v) is 11.1. The Bertz CT molecular complexity index is 1540. The second-order valence-corrected chi connectivity index (χ2v) is 8.43. The molecule has 0 saturated carbocycles. The quantitative estimate of drug-likeness (QED) is 0.272. The van der Waals surface area contributed by atoms with E-state index in [1.54, 1.807) is 60.7 Å². The van der Waals surface area contributed by atoms with E-state index < -0.39 is 23.3 Å². The fraction of sp³-hybridized carbons (Fsp3) is 0. The molecule has 7 heteroatoms. The van der Waals surface area contributed by atoms with E-state index in [-0.39, 0.29) is 44.8 Å². The summed E-state index contributed by atoms with van der Waals surface area (Å²) in [7, 11) is 0. The van der Waals surface area contributed by atoms with E-state index in [1.165, 1.54) is 24.3 Å². The molecule has 3 N–H and O–H groups in total. The van der Waals surface area contributed by atoms with Crippen LogP contribution < -0.4 is 11.1 Å². The van der Waals surface area contributed by atoms with Gasteiger partial charge in [0.15, 0.2) is 17.3 Å². The molecular formula is C28H17ClN2O4. The smallest absolute Gasteiger partial charge is 0.255 e. The fourth-order valence-electron chi connectivity index (χ4n) is 4.15. The Morgan fingerprint density at radius 1 is 0.714 bits per heavy atom. The van der Waals surface area contributed by atoms with E-state index in [4.69, 9.17) is 17.3 Å². The summed E-state index contributed by atoms with van der Waals surface area (Å²) in [5, 5.41) is 3.16. The standard InChI is InChI=1S/C28H17ClN2O4/c29-17-12-10-16(11-13-17)28(35)31-21-14-20(25(32)15-6-2-1-3-7-15)24(30)23-22(21)26(33)18-8-4-5-9-19(18)27(23)34/h1-14H,30H2,(H,31,35). The number of anilines is 2. The number of ketones is 3. The van der Waals surface area contributed by atoms with Crippen molar-refractivity contribution in [1.82, 2.24) is 0 Å². The van der Waals surface area contributed by atoms with Crippen LogP contribution in [-0.4, -0.2) is 23.3 Å². The number of hydrogen-bond donors (Lipinski definition) is 2. The topological polar surface area (TPSA) is 106 Å². The van der Waals surface area contributed by atoms with Crippen LogP contribution in [0.5, 0.6) is 0 Å². The molecular weight excluding hydrogens is 464 g/mol. The van der Waals surface area contributed by atoms with Gasteiger partial charge < -0.3 is 11.1 Å². The Labute approximate surface area is 205 Å². The fourth-order valence-corrected chi connectivity index (χ4v) is 4.27. The Hall–Kier alpha value is -4.55. The Morgan fingerprint density at radius 2 is 1.29 bits per heavy atom. The molecule has 0 radical (unpaired) electrons. The highest BCUT2D eigenvalue weighted by Crippen LogP contribution is 2.38. The zero-order valence-corrected chi connectivity index (χ0v) is 18.9. The average Bonchev–Trinajstić information content (AvgIpc) is 2.88. The molecule has 0 saturated heterocycles. The largest absolute Gasteiger partial charge is 0.398 e. The lowest BCUT2D eigenvalue weighted by molar-refractivity contribution is 0.0978. The molecule has 0 fully saturated rings. The van der Waals surface area contributed by atoms with Gasteiger partial charge in [-0.15, -0.1) is 0 Å². The maximum absolute atomic E-state index is 13.5. The van der Waals surface area contributed by atoms with Crippen LogP contribution in [0.25, 0.3) is 0 Å². The van der Waals surface area contributed by atoms with Crippen molar-refractivity contribution < 1.29 is 19.2 Å². The minimum Gasteiger partial charge on any atom is -0.398 e. The number of benzene rings is 4. The van der Waals surface area contributed by atoms with Gasteiger partial charge in [0.05, 0.1) is 22.5 Å². The first kappa shape index (κ1) is 22.3. The van der Waals surface area contributed by atoms with Gasteiger partial charge in [0, 0.05) is 32.8 Å². The van der Waals surface area contributed by atoms with E-state index in [1.807, 2.05) is 0 Å². The number of nitrogen functional groups attached to an aromatic ring is 1. The van der Waals surface area contributed by atoms with E-state index in [0.29, 0.717) is 10.6 Å². The summed E-state index contributed by atoms with van der Waals surface area (Å²) in [5.41, 5.74) is 7.19. The number of hydrogen-bond acceptors (Lipinski definition) is 5. The summed E-state index contributed by atoms with van der Waals surface area (Å²) in [5.74, 6) is -1.93. The predicted molar refractivity (Wildman–Crippen MR) is 133 cm³/mol. The summed E-state index contributed by atoms with van der Waals surface area (Å²) in [4.78, 5) is 53.3. The van der Waals surface area contributed by atoms with Gasteiger partial charge in [-0.25, -0.2) is 0 Å². The van der Waals surface area contributed by atoms with Crippen LogP contribution in [0.3, 0.4) is 0 Å².